The number of nitrogens with one attached hydrogen (secondary N) is 1. The average molecular weight is 358 g/mol. The lowest BCUT2D eigenvalue weighted by molar-refractivity contribution is 0.0920. The van der Waals surface area contributed by atoms with Gasteiger partial charge in [-0.05, 0) is 50.1 Å². The monoisotopic (exact) mass is 358 g/mol. The SMILES string of the molecule is CCCCNC(=O)c1ccc(CN(Cc2cccc(OC)c2)C(C)C)o1. The van der Waals surface area contributed by atoms with Gasteiger partial charge < -0.3 is 14.5 Å². The summed E-state index contributed by atoms with van der Waals surface area (Å²) in [5.41, 5.74) is 1.18. The number of benzene rings is 1. The molecule has 0 atom stereocenters. The van der Waals surface area contributed by atoms with Crippen molar-refractivity contribution >= 4 is 5.91 Å². The van der Waals surface area contributed by atoms with Crippen molar-refractivity contribution < 1.29 is 13.9 Å². The van der Waals surface area contributed by atoms with E-state index in [9.17, 15) is 4.79 Å². The van der Waals surface area contributed by atoms with Crippen LogP contribution in [0.1, 0.15) is 55.5 Å². The molecule has 5 nitrogen and oxygen atoms in total. The van der Waals surface area contributed by atoms with E-state index in [2.05, 4.69) is 37.1 Å². The fraction of sp³-hybridized carbons (Fsp3) is 0.476. The summed E-state index contributed by atoms with van der Waals surface area (Å²) in [5, 5.41) is 2.88. The zero-order valence-electron chi connectivity index (χ0n) is 16.2. The van der Waals surface area contributed by atoms with Gasteiger partial charge >= 0.3 is 0 Å². The Balaban J connectivity index is 2.00. The van der Waals surface area contributed by atoms with Gasteiger partial charge in [-0.15, -0.1) is 0 Å². The number of carbonyl (C=O) groups is 1. The molecule has 0 unspecified atom stereocenters. The van der Waals surface area contributed by atoms with Crippen molar-refractivity contribution in [1.29, 1.82) is 0 Å². The molecule has 0 saturated carbocycles. The van der Waals surface area contributed by atoms with Gasteiger partial charge in [0.1, 0.15) is 11.5 Å². The van der Waals surface area contributed by atoms with Gasteiger partial charge in [0.05, 0.1) is 13.7 Å². The van der Waals surface area contributed by atoms with E-state index >= 15 is 0 Å². The molecule has 2 aromatic rings. The van der Waals surface area contributed by atoms with Gasteiger partial charge in [-0.3, -0.25) is 9.69 Å². The summed E-state index contributed by atoms with van der Waals surface area (Å²) in [5.74, 6) is 1.88. The summed E-state index contributed by atoms with van der Waals surface area (Å²) in [6.45, 7) is 8.52. The Morgan fingerprint density at radius 2 is 2.04 bits per heavy atom. The number of methoxy groups -OCH3 is 1. The van der Waals surface area contributed by atoms with Crippen LogP contribution in [-0.2, 0) is 13.1 Å². The molecule has 0 saturated heterocycles. The van der Waals surface area contributed by atoms with Crippen LogP contribution in [0.2, 0.25) is 0 Å². The molecule has 0 radical (unpaired) electrons. The van der Waals surface area contributed by atoms with Crippen LogP contribution in [0.25, 0.3) is 0 Å². The molecule has 142 valence electrons. The fourth-order valence-corrected chi connectivity index (χ4v) is 2.68. The number of hydrogen-bond acceptors (Lipinski definition) is 4. The third-order valence-corrected chi connectivity index (χ3v) is 4.31. The van der Waals surface area contributed by atoms with E-state index in [1.54, 1.807) is 13.2 Å². The third kappa shape index (κ3) is 5.92. The summed E-state index contributed by atoms with van der Waals surface area (Å²) in [6.07, 6.45) is 2.03. The molecule has 5 heteroatoms. The second-order valence-electron chi connectivity index (χ2n) is 6.73. The van der Waals surface area contributed by atoms with Crippen LogP contribution >= 0.6 is 0 Å². The predicted molar refractivity (Wildman–Crippen MR) is 103 cm³/mol. The molecular weight excluding hydrogens is 328 g/mol. The Hall–Kier alpha value is -2.27. The smallest absolute Gasteiger partial charge is 0.286 e. The molecule has 1 N–H and O–H groups in total. The maximum absolute atomic E-state index is 12.1. The van der Waals surface area contributed by atoms with E-state index in [1.807, 2.05) is 24.3 Å². The average Bonchev–Trinajstić information content (AvgIpc) is 3.10. The van der Waals surface area contributed by atoms with Crippen molar-refractivity contribution in [2.45, 2.75) is 52.7 Å². The molecule has 2 rings (SSSR count). The van der Waals surface area contributed by atoms with Crippen LogP contribution in [0.4, 0.5) is 0 Å². The highest BCUT2D eigenvalue weighted by molar-refractivity contribution is 5.91. The van der Waals surface area contributed by atoms with Gasteiger partial charge in [-0.25, -0.2) is 0 Å². The standard InChI is InChI=1S/C21H30N2O3/c1-5-6-12-22-21(24)20-11-10-19(26-20)15-23(16(2)3)14-17-8-7-9-18(13-17)25-4/h7-11,13,16H,5-6,12,14-15H2,1-4H3,(H,22,24). The van der Waals surface area contributed by atoms with Crippen molar-refractivity contribution in [3.05, 3.63) is 53.5 Å². The minimum Gasteiger partial charge on any atom is -0.497 e. The summed E-state index contributed by atoms with van der Waals surface area (Å²) in [6, 6.07) is 12.1. The Morgan fingerprint density at radius 1 is 1.23 bits per heavy atom. The highest BCUT2D eigenvalue weighted by Gasteiger charge is 2.16. The summed E-state index contributed by atoms with van der Waals surface area (Å²) in [4.78, 5) is 14.4. The molecular formula is C21H30N2O3. The summed E-state index contributed by atoms with van der Waals surface area (Å²) < 4.78 is 11.1. The first-order chi connectivity index (χ1) is 12.5. The number of furan rings is 1. The van der Waals surface area contributed by atoms with Crippen LogP contribution in [-0.4, -0.2) is 30.5 Å². The second kappa shape index (κ2) is 10.0. The Kier molecular flexibility index (Phi) is 7.73. The van der Waals surface area contributed by atoms with E-state index in [0.29, 0.717) is 24.9 Å². The lowest BCUT2D eigenvalue weighted by atomic mass is 10.1. The van der Waals surface area contributed by atoms with Crippen molar-refractivity contribution in [2.75, 3.05) is 13.7 Å². The molecule has 1 amide bonds. The van der Waals surface area contributed by atoms with Gasteiger partial charge in [0.2, 0.25) is 0 Å². The van der Waals surface area contributed by atoms with E-state index in [4.69, 9.17) is 9.15 Å². The number of nitrogens with zero attached hydrogens (tertiary/aromatic N) is 1. The normalized spacial score (nSPS) is 11.2. The molecule has 0 aliphatic heterocycles. The van der Waals surface area contributed by atoms with Gasteiger partial charge in [-0.1, -0.05) is 25.5 Å². The molecule has 1 aromatic heterocycles. The number of unbranched alkanes of at least 4 members (excludes halogenated alkanes) is 1. The van der Waals surface area contributed by atoms with Crippen molar-refractivity contribution in [2.24, 2.45) is 0 Å². The number of ether oxygens (including phenoxy) is 1. The first kappa shape index (κ1) is 20.0. The number of hydrogen-bond donors (Lipinski definition) is 1. The van der Waals surface area contributed by atoms with E-state index in [0.717, 1.165) is 30.9 Å². The Bertz CT molecular complexity index is 694. The lowest BCUT2D eigenvalue weighted by Crippen LogP contribution is -2.29. The molecule has 1 aromatic carbocycles. The van der Waals surface area contributed by atoms with E-state index < -0.39 is 0 Å². The topological polar surface area (TPSA) is 54.7 Å². The maximum Gasteiger partial charge on any atom is 0.286 e. The number of amides is 1. The Morgan fingerprint density at radius 3 is 2.73 bits per heavy atom. The zero-order valence-corrected chi connectivity index (χ0v) is 16.2. The number of rotatable bonds is 10. The largest absolute Gasteiger partial charge is 0.497 e. The van der Waals surface area contributed by atoms with E-state index in [1.165, 1.54) is 5.56 Å². The zero-order chi connectivity index (χ0) is 18.9. The highest BCUT2D eigenvalue weighted by atomic mass is 16.5. The highest BCUT2D eigenvalue weighted by Crippen LogP contribution is 2.18. The van der Waals surface area contributed by atoms with Crippen LogP contribution < -0.4 is 10.1 Å². The second-order valence-corrected chi connectivity index (χ2v) is 6.73. The first-order valence-electron chi connectivity index (χ1n) is 9.27. The minimum absolute atomic E-state index is 0.145. The van der Waals surface area contributed by atoms with Crippen molar-refractivity contribution in [3.63, 3.8) is 0 Å². The van der Waals surface area contributed by atoms with Crippen molar-refractivity contribution in [1.82, 2.24) is 10.2 Å². The molecule has 26 heavy (non-hydrogen) atoms. The molecule has 0 spiro atoms. The molecule has 1 heterocycles. The minimum atomic E-state index is -0.145. The lowest BCUT2D eigenvalue weighted by Gasteiger charge is -2.25. The van der Waals surface area contributed by atoms with Crippen LogP contribution in [0, 0.1) is 0 Å². The molecule has 0 aliphatic rings. The van der Waals surface area contributed by atoms with E-state index in [-0.39, 0.29) is 5.91 Å². The molecule has 0 bridgehead atoms. The first-order valence-corrected chi connectivity index (χ1v) is 9.27. The number of carbonyl (C=O) groups excluding carboxylic acids is 1. The van der Waals surface area contributed by atoms with Crippen LogP contribution in [0.5, 0.6) is 5.75 Å². The van der Waals surface area contributed by atoms with Gasteiger partial charge in [0, 0.05) is 19.1 Å². The predicted octanol–water partition coefficient (Wildman–Crippen LogP) is 4.23. The summed E-state index contributed by atoms with van der Waals surface area (Å²) in [7, 11) is 1.68. The fourth-order valence-electron chi connectivity index (χ4n) is 2.68. The third-order valence-electron chi connectivity index (χ3n) is 4.31. The summed E-state index contributed by atoms with van der Waals surface area (Å²) >= 11 is 0. The van der Waals surface area contributed by atoms with Crippen LogP contribution in [0.15, 0.2) is 40.8 Å². The molecule has 0 aliphatic carbocycles. The Labute approximate surface area is 156 Å². The van der Waals surface area contributed by atoms with Gasteiger partial charge in [-0.2, -0.15) is 0 Å². The van der Waals surface area contributed by atoms with Crippen molar-refractivity contribution in [3.8, 4) is 5.75 Å². The van der Waals surface area contributed by atoms with Crippen LogP contribution in [0.3, 0.4) is 0 Å². The quantitative estimate of drug-likeness (QED) is 0.646. The molecule has 0 fully saturated rings. The maximum atomic E-state index is 12.1. The van der Waals surface area contributed by atoms with Gasteiger partial charge in [0.25, 0.3) is 5.91 Å². The van der Waals surface area contributed by atoms with Gasteiger partial charge in [0.15, 0.2) is 5.76 Å².